The summed E-state index contributed by atoms with van der Waals surface area (Å²) in [5.41, 5.74) is 6.14. The molecular formula is C10H17ClN4O. The minimum Gasteiger partial charge on any atom is -0.740 e. The molecular weight excluding hydrogens is 228 g/mol. The Bertz CT molecular complexity index is 343. The van der Waals surface area contributed by atoms with Crippen LogP contribution in [0.1, 0.15) is 25.0 Å². The fourth-order valence-electron chi connectivity index (χ4n) is 1.91. The second-order valence-electron chi connectivity index (χ2n) is 3.96. The van der Waals surface area contributed by atoms with Gasteiger partial charge in [-0.2, -0.15) is 0 Å². The van der Waals surface area contributed by atoms with E-state index in [1.54, 1.807) is 13.0 Å². The number of hydrogen-bond donors (Lipinski definition) is 1. The molecule has 1 aromatic rings. The fraction of sp³-hybridized carbons (Fsp3) is 0.600. The third-order valence-corrected chi connectivity index (χ3v) is 2.78. The lowest BCUT2D eigenvalue weighted by Crippen LogP contribution is -2.38. The number of nitrogens with two attached hydrogens (primary N) is 1. The van der Waals surface area contributed by atoms with Gasteiger partial charge in [-0.1, -0.05) is 4.98 Å². The van der Waals surface area contributed by atoms with E-state index < -0.39 is 0 Å². The normalized spacial score (nSPS) is 15.7. The van der Waals surface area contributed by atoms with Gasteiger partial charge in [-0.3, -0.25) is 5.73 Å². The Kier molecular flexibility index (Phi) is 4.18. The monoisotopic (exact) mass is 244 g/mol. The van der Waals surface area contributed by atoms with E-state index in [2.05, 4.69) is 9.88 Å². The van der Waals surface area contributed by atoms with Gasteiger partial charge in [-0.15, -0.1) is 12.4 Å². The van der Waals surface area contributed by atoms with Crippen molar-refractivity contribution in [2.75, 3.05) is 23.7 Å². The average molecular weight is 245 g/mol. The number of anilines is 2. The van der Waals surface area contributed by atoms with Crippen molar-refractivity contribution in [3.63, 3.8) is 0 Å². The molecule has 1 aliphatic rings. The van der Waals surface area contributed by atoms with Crippen LogP contribution in [0.3, 0.4) is 0 Å². The Balaban J connectivity index is 0.00000128. The zero-order chi connectivity index (χ0) is 10.8. The topological polar surface area (TPSA) is 69.1 Å². The van der Waals surface area contributed by atoms with E-state index in [0.29, 0.717) is 10.4 Å². The van der Waals surface area contributed by atoms with E-state index in [-0.39, 0.29) is 18.4 Å². The first-order chi connectivity index (χ1) is 7.18. The molecule has 1 saturated heterocycles. The zero-order valence-corrected chi connectivity index (χ0v) is 10.2. The summed E-state index contributed by atoms with van der Waals surface area (Å²) in [6.07, 6.45) is 3.65. The number of nitrogens with zero attached hydrogens (tertiary/aromatic N) is 3. The van der Waals surface area contributed by atoms with Crippen LogP contribution >= 0.6 is 12.4 Å². The largest absolute Gasteiger partial charge is 0.740 e. The van der Waals surface area contributed by atoms with Crippen LogP contribution in [-0.4, -0.2) is 18.1 Å². The van der Waals surface area contributed by atoms with Crippen molar-refractivity contribution in [1.29, 1.82) is 0 Å². The summed E-state index contributed by atoms with van der Waals surface area (Å²) in [6.45, 7) is 3.77. The van der Waals surface area contributed by atoms with Crippen molar-refractivity contribution >= 4 is 24.2 Å². The molecule has 2 rings (SSSR count). The average Bonchev–Trinajstić information content (AvgIpc) is 2.26. The lowest BCUT2D eigenvalue weighted by Gasteiger charge is -2.26. The van der Waals surface area contributed by atoms with Crippen molar-refractivity contribution in [2.45, 2.75) is 26.2 Å². The highest BCUT2D eigenvalue weighted by atomic mass is 35.5. The lowest BCUT2D eigenvalue weighted by molar-refractivity contribution is -0.599. The van der Waals surface area contributed by atoms with Crippen LogP contribution in [0.25, 0.3) is 0 Å². The van der Waals surface area contributed by atoms with E-state index in [1.165, 1.54) is 19.3 Å². The number of aryl methyl sites for hydroxylation is 1. The Morgan fingerprint density at radius 1 is 1.38 bits per heavy atom. The van der Waals surface area contributed by atoms with Gasteiger partial charge in [0, 0.05) is 19.2 Å². The highest BCUT2D eigenvalue weighted by molar-refractivity contribution is 5.85. The summed E-state index contributed by atoms with van der Waals surface area (Å²) >= 11 is 0. The van der Waals surface area contributed by atoms with Gasteiger partial charge in [0.1, 0.15) is 0 Å². The molecule has 0 saturated carbocycles. The SMILES string of the molecule is Cc1cc(N2CCCCC2)nc(N)[n+]1[O-].Cl. The summed E-state index contributed by atoms with van der Waals surface area (Å²) in [6, 6.07) is 1.80. The standard InChI is InChI=1S/C10H16N4O.ClH/c1-8-7-9(12-10(11)14(8)15)13-5-3-2-4-6-13;/h7H,2-6H2,1H3,(H2,11,12);1H. The lowest BCUT2D eigenvalue weighted by atomic mass is 10.1. The predicted octanol–water partition coefficient (Wildman–Crippen LogP) is 1.02. The van der Waals surface area contributed by atoms with E-state index >= 15 is 0 Å². The van der Waals surface area contributed by atoms with Crippen molar-refractivity contribution in [2.24, 2.45) is 0 Å². The zero-order valence-electron chi connectivity index (χ0n) is 9.35. The van der Waals surface area contributed by atoms with E-state index in [9.17, 15) is 5.21 Å². The molecule has 0 radical (unpaired) electrons. The fourth-order valence-corrected chi connectivity index (χ4v) is 1.91. The molecule has 0 atom stereocenters. The van der Waals surface area contributed by atoms with Crippen LogP contribution in [0.2, 0.25) is 0 Å². The third-order valence-electron chi connectivity index (χ3n) is 2.78. The smallest absolute Gasteiger partial charge is 0.392 e. The molecule has 0 bridgehead atoms. The molecule has 0 unspecified atom stereocenters. The van der Waals surface area contributed by atoms with Crippen LogP contribution in [0.15, 0.2) is 6.07 Å². The van der Waals surface area contributed by atoms with E-state index in [0.717, 1.165) is 18.9 Å². The maximum atomic E-state index is 11.3. The molecule has 0 amide bonds. The predicted molar refractivity (Wildman–Crippen MR) is 65.7 cm³/mol. The number of aromatic nitrogens is 2. The van der Waals surface area contributed by atoms with Gasteiger partial charge < -0.3 is 10.1 Å². The maximum absolute atomic E-state index is 11.3. The molecule has 6 heteroatoms. The maximum Gasteiger partial charge on any atom is 0.392 e. The van der Waals surface area contributed by atoms with Crippen molar-refractivity contribution in [3.05, 3.63) is 17.0 Å². The Labute approximate surface area is 101 Å². The highest BCUT2D eigenvalue weighted by Gasteiger charge is 2.17. The molecule has 2 heterocycles. The van der Waals surface area contributed by atoms with Crippen LogP contribution in [0, 0.1) is 12.1 Å². The second-order valence-corrected chi connectivity index (χ2v) is 3.96. The van der Waals surface area contributed by atoms with Gasteiger partial charge in [-0.25, -0.2) is 4.73 Å². The molecule has 5 nitrogen and oxygen atoms in total. The van der Waals surface area contributed by atoms with Gasteiger partial charge in [-0.05, 0) is 26.2 Å². The van der Waals surface area contributed by atoms with Gasteiger partial charge in [0.25, 0.3) is 0 Å². The van der Waals surface area contributed by atoms with Gasteiger partial charge in [0.05, 0.1) is 5.69 Å². The summed E-state index contributed by atoms with van der Waals surface area (Å²) < 4.78 is 0.660. The molecule has 1 aliphatic heterocycles. The first-order valence-corrected chi connectivity index (χ1v) is 5.30. The minimum absolute atomic E-state index is 0. The molecule has 0 aliphatic carbocycles. The molecule has 1 fully saturated rings. The van der Waals surface area contributed by atoms with Crippen LogP contribution in [-0.2, 0) is 0 Å². The quantitative estimate of drug-likeness (QED) is 0.592. The molecule has 2 N–H and O–H groups in total. The second kappa shape index (κ2) is 5.21. The number of hydrogen-bond acceptors (Lipinski definition) is 4. The Morgan fingerprint density at radius 3 is 2.56 bits per heavy atom. The number of piperidine rings is 1. The third kappa shape index (κ3) is 2.47. The van der Waals surface area contributed by atoms with Crippen LogP contribution < -0.4 is 15.4 Å². The van der Waals surface area contributed by atoms with E-state index in [4.69, 9.17) is 5.73 Å². The molecule has 1 aromatic heterocycles. The number of nitrogen functional groups attached to an aromatic ring is 1. The van der Waals surface area contributed by atoms with Gasteiger partial charge >= 0.3 is 5.95 Å². The summed E-state index contributed by atoms with van der Waals surface area (Å²) in [7, 11) is 0. The molecule has 16 heavy (non-hydrogen) atoms. The van der Waals surface area contributed by atoms with Crippen LogP contribution in [0.4, 0.5) is 11.8 Å². The number of rotatable bonds is 1. The van der Waals surface area contributed by atoms with E-state index in [1.807, 2.05) is 0 Å². The van der Waals surface area contributed by atoms with Gasteiger partial charge in [0.2, 0.25) is 5.82 Å². The molecule has 0 spiro atoms. The highest BCUT2D eigenvalue weighted by Crippen LogP contribution is 2.17. The first kappa shape index (κ1) is 12.8. The van der Waals surface area contributed by atoms with Crippen molar-refractivity contribution in [3.8, 4) is 0 Å². The summed E-state index contributed by atoms with van der Waals surface area (Å²) in [5.74, 6) is 0.868. The summed E-state index contributed by atoms with van der Waals surface area (Å²) in [5, 5.41) is 11.3. The number of halogens is 1. The summed E-state index contributed by atoms with van der Waals surface area (Å²) in [4.78, 5) is 6.30. The van der Waals surface area contributed by atoms with Crippen LogP contribution in [0.5, 0.6) is 0 Å². The minimum atomic E-state index is 0. The van der Waals surface area contributed by atoms with Crippen molar-refractivity contribution in [1.82, 2.24) is 4.98 Å². The molecule has 0 aromatic carbocycles. The Morgan fingerprint density at radius 2 is 2.00 bits per heavy atom. The Hall–Kier alpha value is -1.23. The molecule has 90 valence electrons. The van der Waals surface area contributed by atoms with Crippen molar-refractivity contribution < 1.29 is 4.73 Å². The van der Waals surface area contributed by atoms with Gasteiger partial charge in [0.15, 0.2) is 0 Å². The first-order valence-electron chi connectivity index (χ1n) is 5.30.